The number of anilines is 1. The Kier molecular flexibility index (Phi) is 6.01. The van der Waals surface area contributed by atoms with E-state index in [1.165, 1.54) is 5.56 Å². The van der Waals surface area contributed by atoms with Crippen molar-refractivity contribution in [1.82, 2.24) is 0 Å². The Labute approximate surface area is 156 Å². The molecule has 0 aliphatic rings. The van der Waals surface area contributed by atoms with Crippen LogP contribution in [0.5, 0.6) is 0 Å². The van der Waals surface area contributed by atoms with Crippen molar-refractivity contribution in [1.29, 1.82) is 0 Å². The van der Waals surface area contributed by atoms with Crippen LogP contribution in [0.4, 0.5) is 5.69 Å². The van der Waals surface area contributed by atoms with Crippen molar-refractivity contribution >= 4 is 33.5 Å². The van der Waals surface area contributed by atoms with Gasteiger partial charge in [-0.1, -0.05) is 22.0 Å². The second-order valence-electron chi connectivity index (χ2n) is 6.13. The largest absolute Gasteiger partial charge is 0.452 e. The molecule has 5 heteroatoms. The van der Waals surface area contributed by atoms with Crippen LogP contribution in [-0.2, 0) is 9.53 Å². The molecule has 0 aliphatic heterocycles. The van der Waals surface area contributed by atoms with Crippen molar-refractivity contribution < 1.29 is 14.3 Å². The molecular formula is C20H22BrNO3. The second kappa shape index (κ2) is 7.83. The molecule has 0 radical (unpaired) electrons. The Balaban J connectivity index is 2.09. The lowest BCUT2D eigenvalue weighted by Crippen LogP contribution is -2.22. The van der Waals surface area contributed by atoms with Gasteiger partial charge in [0, 0.05) is 10.2 Å². The fourth-order valence-electron chi connectivity index (χ4n) is 2.77. The monoisotopic (exact) mass is 403 g/mol. The molecule has 2 aromatic rings. The number of hydrogen-bond donors (Lipinski definition) is 1. The maximum atomic E-state index is 12.5. The van der Waals surface area contributed by atoms with Crippen LogP contribution in [0.15, 0.2) is 28.7 Å². The van der Waals surface area contributed by atoms with E-state index in [1.54, 1.807) is 12.1 Å². The number of esters is 1. The van der Waals surface area contributed by atoms with Gasteiger partial charge in [-0.15, -0.1) is 0 Å². The number of rotatable bonds is 4. The molecule has 25 heavy (non-hydrogen) atoms. The van der Waals surface area contributed by atoms with Gasteiger partial charge in [-0.3, -0.25) is 4.79 Å². The second-order valence-corrected chi connectivity index (χ2v) is 7.05. The van der Waals surface area contributed by atoms with Gasteiger partial charge in [-0.05, 0) is 80.6 Å². The van der Waals surface area contributed by atoms with Crippen LogP contribution in [0.3, 0.4) is 0 Å². The molecule has 0 saturated heterocycles. The molecule has 0 aromatic heterocycles. The van der Waals surface area contributed by atoms with Crippen LogP contribution in [-0.4, -0.2) is 18.5 Å². The van der Waals surface area contributed by atoms with Gasteiger partial charge in [0.25, 0.3) is 5.91 Å². The zero-order valence-corrected chi connectivity index (χ0v) is 16.7. The number of carbonyl (C=O) groups excluding carboxylic acids is 2. The minimum atomic E-state index is -0.467. The van der Waals surface area contributed by atoms with Crippen molar-refractivity contribution in [2.24, 2.45) is 0 Å². The maximum Gasteiger partial charge on any atom is 0.339 e. The van der Waals surface area contributed by atoms with Crippen LogP contribution in [0.1, 0.15) is 38.2 Å². The molecule has 1 amide bonds. The van der Waals surface area contributed by atoms with E-state index in [1.807, 2.05) is 46.8 Å². The van der Waals surface area contributed by atoms with Crippen LogP contribution < -0.4 is 5.32 Å². The van der Waals surface area contributed by atoms with E-state index in [4.69, 9.17) is 4.74 Å². The third-order valence-corrected chi connectivity index (χ3v) is 5.14. The molecule has 0 spiro atoms. The Bertz CT molecular complexity index is 814. The predicted molar refractivity (Wildman–Crippen MR) is 103 cm³/mol. The zero-order chi connectivity index (χ0) is 18.7. The molecule has 132 valence electrons. The summed E-state index contributed by atoms with van der Waals surface area (Å²) in [5.41, 5.74) is 6.33. The van der Waals surface area contributed by atoms with E-state index < -0.39 is 5.97 Å². The fraction of sp³-hybridized carbons (Fsp3) is 0.300. The standard InChI is InChI=1S/C20H22BrNO3/c1-11-12(2)14(4)19(15(5)13(11)3)20(24)25-10-18(23)22-17-8-6-7-16(21)9-17/h6-9H,10H2,1-5H3,(H,22,23). The average molecular weight is 404 g/mol. The van der Waals surface area contributed by atoms with E-state index in [9.17, 15) is 9.59 Å². The zero-order valence-electron chi connectivity index (χ0n) is 15.1. The average Bonchev–Trinajstić information content (AvgIpc) is 2.56. The number of nitrogens with one attached hydrogen (secondary N) is 1. The summed E-state index contributed by atoms with van der Waals surface area (Å²) in [6.07, 6.45) is 0. The SMILES string of the molecule is Cc1c(C)c(C)c(C(=O)OCC(=O)Nc2cccc(Br)c2)c(C)c1C. The molecule has 1 N–H and O–H groups in total. The van der Waals surface area contributed by atoms with Crippen LogP contribution in [0, 0.1) is 34.6 Å². The molecule has 0 heterocycles. The lowest BCUT2D eigenvalue weighted by Gasteiger charge is -2.17. The van der Waals surface area contributed by atoms with Crippen LogP contribution >= 0.6 is 15.9 Å². The number of benzene rings is 2. The summed E-state index contributed by atoms with van der Waals surface area (Å²) in [4.78, 5) is 24.5. The van der Waals surface area contributed by atoms with Crippen molar-refractivity contribution in [3.63, 3.8) is 0 Å². The van der Waals surface area contributed by atoms with Crippen molar-refractivity contribution in [3.05, 3.63) is 62.1 Å². The molecule has 2 rings (SSSR count). The lowest BCUT2D eigenvalue weighted by atomic mass is 9.90. The highest BCUT2D eigenvalue weighted by Crippen LogP contribution is 2.26. The minimum Gasteiger partial charge on any atom is -0.452 e. The lowest BCUT2D eigenvalue weighted by molar-refractivity contribution is -0.119. The highest BCUT2D eigenvalue weighted by molar-refractivity contribution is 9.10. The van der Waals surface area contributed by atoms with Crippen molar-refractivity contribution in [2.75, 3.05) is 11.9 Å². The molecule has 0 aliphatic carbocycles. The fourth-order valence-corrected chi connectivity index (χ4v) is 3.17. The normalized spacial score (nSPS) is 10.5. The van der Waals surface area contributed by atoms with E-state index in [-0.39, 0.29) is 12.5 Å². The maximum absolute atomic E-state index is 12.5. The Morgan fingerprint density at radius 3 is 2.08 bits per heavy atom. The first-order valence-corrected chi connectivity index (χ1v) is 8.81. The predicted octanol–water partition coefficient (Wildman–Crippen LogP) is 4.79. The molecule has 0 saturated carbocycles. The molecular weight excluding hydrogens is 382 g/mol. The highest BCUT2D eigenvalue weighted by atomic mass is 79.9. The molecule has 0 atom stereocenters. The third-order valence-electron chi connectivity index (χ3n) is 4.65. The minimum absolute atomic E-state index is 0.323. The van der Waals surface area contributed by atoms with E-state index in [0.717, 1.165) is 26.7 Å². The first-order valence-electron chi connectivity index (χ1n) is 8.01. The third kappa shape index (κ3) is 4.28. The Hall–Kier alpha value is -2.14. The van der Waals surface area contributed by atoms with Gasteiger partial charge in [-0.2, -0.15) is 0 Å². The smallest absolute Gasteiger partial charge is 0.339 e. The summed E-state index contributed by atoms with van der Waals surface area (Å²) in [6.45, 7) is 9.53. The first-order chi connectivity index (χ1) is 11.7. The number of halogens is 1. The van der Waals surface area contributed by atoms with E-state index in [0.29, 0.717) is 11.3 Å². The topological polar surface area (TPSA) is 55.4 Å². The number of amides is 1. The number of carbonyl (C=O) groups is 2. The summed E-state index contributed by atoms with van der Waals surface area (Å²) >= 11 is 3.34. The van der Waals surface area contributed by atoms with Gasteiger partial charge in [0.1, 0.15) is 0 Å². The van der Waals surface area contributed by atoms with Gasteiger partial charge >= 0.3 is 5.97 Å². The van der Waals surface area contributed by atoms with Crippen LogP contribution in [0.25, 0.3) is 0 Å². The van der Waals surface area contributed by atoms with Crippen molar-refractivity contribution in [2.45, 2.75) is 34.6 Å². The molecule has 2 aromatic carbocycles. The Morgan fingerprint density at radius 1 is 0.960 bits per heavy atom. The highest BCUT2D eigenvalue weighted by Gasteiger charge is 2.20. The van der Waals surface area contributed by atoms with Crippen molar-refractivity contribution in [3.8, 4) is 0 Å². The molecule has 0 fully saturated rings. The summed E-state index contributed by atoms with van der Waals surface area (Å²) < 4.78 is 6.10. The summed E-state index contributed by atoms with van der Waals surface area (Å²) in [7, 11) is 0. The summed E-state index contributed by atoms with van der Waals surface area (Å²) in [5, 5.41) is 2.70. The van der Waals surface area contributed by atoms with Gasteiger partial charge < -0.3 is 10.1 Å². The molecule has 0 bridgehead atoms. The van der Waals surface area contributed by atoms with Gasteiger partial charge in [-0.25, -0.2) is 4.79 Å². The number of ether oxygens (including phenoxy) is 1. The van der Waals surface area contributed by atoms with Gasteiger partial charge in [0.2, 0.25) is 0 Å². The van der Waals surface area contributed by atoms with E-state index >= 15 is 0 Å². The molecule has 0 unspecified atom stereocenters. The van der Waals surface area contributed by atoms with Gasteiger partial charge in [0.05, 0.1) is 5.56 Å². The quantitative estimate of drug-likeness (QED) is 0.746. The van der Waals surface area contributed by atoms with E-state index in [2.05, 4.69) is 21.2 Å². The molecule has 4 nitrogen and oxygen atoms in total. The number of hydrogen-bond acceptors (Lipinski definition) is 3. The Morgan fingerprint density at radius 2 is 1.52 bits per heavy atom. The first kappa shape index (κ1) is 19.2. The van der Waals surface area contributed by atoms with Gasteiger partial charge in [0.15, 0.2) is 6.61 Å². The summed E-state index contributed by atoms with van der Waals surface area (Å²) in [6, 6.07) is 7.23. The summed E-state index contributed by atoms with van der Waals surface area (Å²) in [5.74, 6) is -0.840. The van der Waals surface area contributed by atoms with Crippen LogP contribution in [0.2, 0.25) is 0 Å².